The molecule has 0 radical (unpaired) electrons. The predicted octanol–water partition coefficient (Wildman–Crippen LogP) is 2.95. The van der Waals surface area contributed by atoms with Crippen LogP contribution in [0.25, 0.3) is 11.0 Å². The third kappa shape index (κ3) is 2.54. The first-order valence-electron chi connectivity index (χ1n) is 8.19. The SMILES string of the molecule is Cc1nccc([C@H]2CCCN2C(=O)c2ccc3nc(C)[nH]c3c2)n1. The minimum absolute atomic E-state index is 0.0263. The zero-order chi connectivity index (χ0) is 16.7. The van der Waals surface area contributed by atoms with Crippen molar-refractivity contribution in [1.29, 1.82) is 0 Å². The van der Waals surface area contributed by atoms with Crippen LogP contribution in [0, 0.1) is 13.8 Å². The van der Waals surface area contributed by atoms with Crippen molar-refractivity contribution in [2.45, 2.75) is 32.7 Å². The van der Waals surface area contributed by atoms with Gasteiger partial charge < -0.3 is 9.88 Å². The van der Waals surface area contributed by atoms with E-state index in [0.717, 1.165) is 47.8 Å². The van der Waals surface area contributed by atoms with Gasteiger partial charge in [-0.3, -0.25) is 4.79 Å². The molecule has 0 saturated carbocycles. The summed E-state index contributed by atoms with van der Waals surface area (Å²) in [6.45, 7) is 4.54. The zero-order valence-corrected chi connectivity index (χ0v) is 13.8. The second kappa shape index (κ2) is 5.70. The number of amides is 1. The highest BCUT2D eigenvalue weighted by Crippen LogP contribution is 2.32. The van der Waals surface area contributed by atoms with E-state index >= 15 is 0 Å². The normalized spacial score (nSPS) is 17.6. The molecule has 1 aromatic carbocycles. The van der Waals surface area contributed by atoms with Crippen LogP contribution >= 0.6 is 0 Å². The zero-order valence-electron chi connectivity index (χ0n) is 13.8. The van der Waals surface area contributed by atoms with Crippen LogP contribution in [0.4, 0.5) is 0 Å². The standard InChI is InChI=1S/C18H19N5O/c1-11-19-8-7-15(20-11)17-4-3-9-23(17)18(24)13-5-6-14-16(10-13)22-12(2)21-14/h5-8,10,17H,3-4,9H2,1-2H3,(H,21,22)/t17-/m1/s1. The fourth-order valence-corrected chi connectivity index (χ4v) is 3.41. The van der Waals surface area contributed by atoms with E-state index in [1.165, 1.54) is 0 Å². The molecule has 1 fully saturated rings. The number of carbonyl (C=O) groups is 1. The first kappa shape index (κ1) is 14.8. The Bertz CT molecular complexity index is 917. The second-order valence-electron chi connectivity index (χ2n) is 6.24. The van der Waals surface area contributed by atoms with E-state index in [4.69, 9.17) is 0 Å². The van der Waals surface area contributed by atoms with Crippen molar-refractivity contribution < 1.29 is 4.79 Å². The number of benzene rings is 1. The van der Waals surface area contributed by atoms with Crippen LogP contribution in [0.3, 0.4) is 0 Å². The number of rotatable bonds is 2. The van der Waals surface area contributed by atoms with E-state index in [1.807, 2.05) is 43.0 Å². The van der Waals surface area contributed by atoms with Gasteiger partial charge >= 0.3 is 0 Å². The fourth-order valence-electron chi connectivity index (χ4n) is 3.41. The van der Waals surface area contributed by atoms with Crippen LogP contribution < -0.4 is 0 Å². The highest BCUT2D eigenvalue weighted by atomic mass is 16.2. The van der Waals surface area contributed by atoms with Crippen molar-refractivity contribution in [3.05, 3.63) is 53.4 Å². The Morgan fingerprint density at radius 1 is 1.25 bits per heavy atom. The number of nitrogens with one attached hydrogen (secondary N) is 1. The first-order chi connectivity index (χ1) is 11.6. The van der Waals surface area contributed by atoms with Crippen molar-refractivity contribution in [1.82, 2.24) is 24.8 Å². The molecule has 1 aliphatic rings. The maximum Gasteiger partial charge on any atom is 0.254 e. The molecule has 0 spiro atoms. The summed E-state index contributed by atoms with van der Waals surface area (Å²) in [5.74, 6) is 1.63. The number of aromatic amines is 1. The van der Waals surface area contributed by atoms with Crippen molar-refractivity contribution >= 4 is 16.9 Å². The van der Waals surface area contributed by atoms with E-state index in [2.05, 4.69) is 19.9 Å². The average molecular weight is 321 g/mol. The molecule has 3 aromatic rings. The quantitative estimate of drug-likeness (QED) is 0.787. The molecule has 2 aromatic heterocycles. The Morgan fingerprint density at radius 3 is 2.96 bits per heavy atom. The van der Waals surface area contributed by atoms with Gasteiger partial charge in [-0.05, 0) is 51.0 Å². The van der Waals surface area contributed by atoms with Gasteiger partial charge in [0.15, 0.2) is 0 Å². The maximum atomic E-state index is 13.0. The van der Waals surface area contributed by atoms with Crippen molar-refractivity contribution in [3.8, 4) is 0 Å². The van der Waals surface area contributed by atoms with Gasteiger partial charge in [-0.25, -0.2) is 15.0 Å². The Morgan fingerprint density at radius 2 is 2.12 bits per heavy atom. The van der Waals surface area contributed by atoms with Gasteiger partial charge in [-0.15, -0.1) is 0 Å². The summed E-state index contributed by atoms with van der Waals surface area (Å²) in [5.41, 5.74) is 3.39. The van der Waals surface area contributed by atoms with Crippen molar-refractivity contribution in [2.75, 3.05) is 6.54 Å². The molecule has 1 atom stereocenters. The number of hydrogen-bond acceptors (Lipinski definition) is 4. The summed E-state index contributed by atoms with van der Waals surface area (Å²) in [5, 5.41) is 0. The molecule has 24 heavy (non-hydrogen) atoms. The van der Waals surface area contributed by atoms with Gasteiger partial charge in [0.05, 0.1) is 22.8 Å². The van der Waals surface area contributed by atoms with E-state index in [1.54, 1.807) is 6.20 Å². The lowest BCUT2D eigenvalue weighted by molar-refractivity contribution is 0.0733. The van der Waals surface area contributed by atoms with Gasteiger partial charge in [-0.1, -0.05) is 0 Å². The summed E-state index contributed by atoms with van der Waals surface area (Å²) in [7, 11) is 0. The number of hydrogen-bond donors (Lipinski definition) is 1. The molecule has 6 heteroatoms. The van der Waals surface area contributed by atoms with Crippen LogP contribution in [-0.4, -0.2) is 37.3 Å². The van der Waals surface area contributed by atoms with Gasteiger partial charge in [0.1, 0.15) is 11.6 Å². The minimum atomic E-state index is 0.0263. The number of aryl methyl sites for hydroxylation is 2. The summed E-state index contributed by atoms with van der Waals surface area (Å²) in [6.07, 6.45) is 3.69. The van der Waals surface area contributed by atoms with E-state index in [-0.39, 0.29) is 11.9 Å². The monoisotopic (exact) mass is 321 g/mol. The van der Waals surface area contributed by atoms with Crippen LogP contribution in [0.2, 0.25) is 0 Å². The number of nitrogens with zero attached hydrogens (tertiary/aromatic N) is 4. The Labute approximate surface area is 140 Å². The van der Waals surface area contributed by atoms with Crippen LogP contribution in [-0.2, 0) is 0 Å². The molecule has 122 valence electrons. The summed E-state index contributed by atoms with van der Waals surface area (Å²) < 4.78 is 0. The number of likely N-dealkylation sites (tertiary alicyclic amines) is 1. The summed E-state index contributed by atoms with van der Waals surface area (Å²) >= 11 is 0. The lowest BCUT2D eigenvalue weighted by atomic mass is 10.1. The fraction of sp³-hybridized carbons (Fsp3) is 0.333. The molecule has 4 rings (SSSR count). The molecular weight excluding hydrogens is 302 g/mol. The van der Waals surface area contributed by atoms with Crippen LogP contribution in [0.15, 0.2) is 30.5 Å². The van der Waals surface area contributed by atoms with Crippen molar-refractivity contribution in [2.24, 2.45) is 0 Å². The molecule has 6 nitrogen and oxygen atoms in total. The van der Waals surface area contributed by atoms with E-state index < -0.39 is 0 Å². The Balaban J connectivity index is 1.66. The van der Waals surface area contributed by atoms with Crippen LogP contribution in [0.1, 0.15) is 46.6 Å². The molecule has 0 unspecified atom stereocenters. The highest BCUT2D eigenvalue weighted by Gasteiger charge is 2.31. The average Bonchev–Trinajstić information content (AvgIpc) is 3.18. The topological polar surface area (TPSA) is 74.8 Å². The highest BCUT2D eigenvalue weighted by molar-refractivity contribution is 5.97. The van der Waals surface area contributed by atoms with Gasteiger partial charge in [0.2, 0.25) is 0 Å². The van der Waals surface area contributed by atoms with E-state index in [9.17, 15) is 4.79 Å². The number of H-pyrrole nitrogens is 1. The number of carbonyl (C=O) groups excluding carboxylic acids is 1. The lowest BCUT2D eigenvalue weighted by Gasteiger charge is -2.24. The minimum Gasteiger partial charge on any atom is -0.342 e. The molecule has 1 aliphatic heterocycles. The Kier molecular flexibility index (Phi) is 3.52. The summed E-state index contributed by atoms with van der Waals surface area (Å²) in [4.78, 5) is 31.2. The predicted molar refractivity (Wildman–Crippen MR) is 90.6 cm³/mol. The molecule has 3 heterocycles. The van der Waals surface area contributed by atoms with E-state index in [0.29, 0.717) is 5.56 Å². The Hall–Kier alpha value is -2.76. The molecule has 1 N–H and O–H groups in total. The lowest BCUT2D eigenvalue weighted by Crippen LogP contribution is -2.31. The van der Waals surface area contributed by atoms with Crippen LogP contribution in [0.5, 0.6) is 0 Å². The second-order valence-corrected chi connectivity index (χ2v) is 6.24. The number of aromatic nitrogens is 4. The number of fused-ring (bicyclic) bond motifs is 1. The summed E-state index contributed by atoms with van der Waals surface area (Å²) in [6, 6.07) is 7.57. The molecular formula is C18H19N5O. The largest absolute Gasteiger partial charge is 0.342 e. The molecule has 1 amide bonds. The van der Waals surface area contributed by atoms with Crippen molar-refractivity contribution in [3.63, 3.8) is 0 Å². The van der Waals surface area contributed by atoms with Gasteiger partial charge in [0.25, 0.3) is 5.91 Å². The smallest absolute Gasteiger partial charge is 0.254 e. The molecule has 1 saturated heterocycles. The molecule has 0 aliphatic carbocycles. The maximum absolute atomic E-state index is 13.0. The third-order valence-corrected chi connectivity index (χ3v) is 4.50. The first-order valence-corrected chi connectivity index (χ1v) is 8.19. The third-order valence-electron chi connectivity index (χ3n) is 4.50. The number of imidazole rings is 1. The van der Waals surface area contributed by atoms with Gasteiger partial charge in [-0.2, -0.15) is 0 Å². The van der Waals surface area contributed by atoms with Gasteiger partial charge in [0, 0.05) is 18.3 Å². The molecule has 0 bridgehead atoms.